The van der Waals surface area contributed by atoms with E-state index in [-0.39, 0.29) is 18.4 Å². The zero-order valence-electron chi connectivity index (χ0n) is 12.9. The van der Waals surface area contributed by atoms with Crippen LogP contribution >= 0.6 is 27.3 Å². The van der Waals surface area contributed by atoms with Crippen LogP contribution in [0.4, 0.5) is 0 Å². The predicted octanol–water partition coefficient (Wildman–Crippen LogP) is 3.11. The van der Waals surface area contributed by atoms with E-state index in [0.29, 0.717) is 42.0 Å². The molecule has 3 atom stereocenters. The fraction of sp³-hybridized carbons (Fsp3) is 0.667. The Bertz CT molecular complexity index is 687. The first-order valence-electron chi connectivity index (χ1n) is 7.80. The number of thiophene rings is 1. The number of hydrogen-bond acceptors (Lipinski definition) is 5. The van der Waals surface area contributed by atoms with Gasteiger partial charge in [-0.05, 0) is 59.2 Å². The molecule has 0 spiro atoms. The summed E-state index contributed by atoms with van der Waals surface area (Å²) in [6.45, 7) is 3.30. The molecule has 3 unspecified atom stereocenters. The summed E-state index contributed by atoms with van der Waals surface area (Å²) in [4.78, 5) is 12.2. The maximum atomic E-state index is 12.7. The minimum absolute atomic E-state index is 0.219. The topological polar surface area (TPSA) is 63.7 Å². The van der Waals surface area contributed by atoms with Gasteiger partial charge < -0.3 is 4.74 Å². The van der Waals surface area contributed by atoms with Crippen LogP contribution in [0.25, 0.3) is 0 Å². The molecule has 1 saturated carbocycles. The molecule has 128 valence electrons. The van der Waals surface area contributed by atoms with Crippen molar-refractivity contribution in [1.82, 2.24) is 4.31 Å². The molecular weight excluding hydrogens is 402 g/mol. The van der Waals surface area contributed by atoms with Gasteiger partial charge in [-0.2, -0.15) is 4.31 Å². The minimum Gasteiger partial charge on any atom is -0.465 e. The molecule has 0 N–H and O–H groups in total. The summed E-state index contributed by atoms with van der Waals surface area (Å²) in [5, 5.41) is 0. The average Bonchev–Trinajstić information content (AvgIpc) is 3.05. The molecule has 2 aliphatic rings. The molecule has 3 rings (SSSR count). The highest BCUT2D eigenvalue weighted by Gasteiger charge is 2.37. The Morgan fingerprint density at radius 1 is 1.48 bits per heavy atom. The van der Waals surface area contributed by atoms with Gasteiger partial charge in [-0.3, -0.25) is 4.79 Å². The second-order valence-electron chi connectivity index (χ2n) is 6.36. The van der Waals surface area contributed by atoms with E-state index in [1.165, 1.54) is 15.6 Å². The summed E-state index contributed by atoms with van der Waals surface area (Å²) in [6.07, 6.45) is 2.50. The Balaban J connectivity index is 1.62. The number of carbonyl (C=O) groups excluding carboxylic acids is 1. The maximum absolute atomic E-state index is 12.7. The standard InChI is InChI=1S/C15H20BrNO4S2/c1-10-7-12(10)9-21-15(18)11-3-2-6-17(8-11)23(19,20)14-5-4-13(16)22-14/h4-5,10-12H,2-3,6-9H2,1H3. The Hall–Kier alpha value is -0.440. The maximum Gasteiger partial charge on any atom is 0.310 e. The summed E-state index contributed by atoms with van der Waals surface area (Å²) >= 11 is 4.48. The smallest absolute Gasteiger partial charge is 0.310 e. The van der Waals surface area contributed by atoms with E-state index < -0.39 is 10.0 Å². The van der Waals surface area contributed by atoms with E-state index in [9.17, 15) is 13.2 Å². The molecule has 1 saturated heterocycles. The number of sulfonamides is 1. The van der Waals surface area contributed by atoms with Crippen molar-refractivity contribution in [3.63, 3.8) is 0 Å². The van der Waals surface area contributed by atoms with Gasteiger partial charge in [0.05, 0.1) is 16.3 Å². The average molecular weight is 422 g/mol. The Kier molecular flexibility index (Phi) is 5.15. The van der Waals surface area contributed by atoms with E-state index in [2.05, 4.69) is 22.9 Å². The van der Waals surface area contributed by atoms with Gasteiger partial charge in [-0.25, -0.2) is 8.42 Å². The quantitative estimate of drug-likeness (QED) is 0.685. The van der Waals surface area contributed by atoms with Crippen molar-refractivity contribution in [2.45, 2.75) is 30.4 Å². The zero-order valence-corrected chi connectivity index (χ0v) is 16.1. The summed E-state index contributed by atoms with van der Waals surface area (Å²) in [5.74, 6) is 0.529. The van der Waals surface area contributed by atoms with Crippen LogP contribution in [0.5, 0.6) is 0 Å². The Morgan fingerprint density at radius 2 is 2.22 bits per heavy atom. The highest BCUT2D eigenvalue weighted by atomic mass is 79.9. The molecule has 0 bridgehead atoms. The van der Waals surface area contributed by atoms with Crippen molar-refractivity contribution in [1.29, 1.82) is 0 Å². The van der Waals surface area contributed by atoms with Crippen LogP contribution in [0, 0.1) is 17.8 Å². The molecular formula is C15H20BrNO4S2. The SMILES string of the molecule is CC1CC1COC(=O)C1CCCN(S(=O)(=O)c2ccc(Br)s2)C1. The highest BCUT2D eigenvalue weighted by molar-refractivity contribution is 9.11. The van der Waals surface area contributed by atoms with Crippen LogP contribution in [-0.2, 0) is 19.6 Å². The van der Waals surface area contributed by atoms with Crippen molar-refractivity contribution in [2.75, 3.05) is 19.7 Å². The van der Waals surface area contributed by atoms with Gasteiger partial charge in [-0.1, -0.05) is 6.92 Å². The van der Waals surface area contributed by atoms with Gasteiger partial charge in [0.2, 0.25) is 0 Å². The lowest BCUT2D eigenvalue weighted by Gasteiger charge is -2.30. The molecule has 0 aromatic carbocycles. The van der Waals surface area contributed by atoms with E-state index in [4.69, 9.17) is 4.74 Å². The van der Waals surface area contributed by atoms with Crippen molar-refractivity contribution in [3.05, 3.63) is 15.9 Å². The number of esters is 1. The van der Waals surface area contributed by atoms with E-state index in [1.54, 1.807) is 12.1 Å². The van der Waals surface area contributed by atoms with Crippen LogP contribution in [-0.4, -0.2) is 38.4 Å². The third-order valence-electron chi connectivity index (χ3n) is 4.58. The first-order valence-corrected chi connectivity index (χ1v) is 10.8. The van der Waals surface area contributed by atoms with Gasteiger partial charge in [0.15, 0.2) is 0 Å². The molecule has 0 radical (unpaired) electrons. The number of hydrogen-bond donors (Lipinski definition) is 0. The third-order valence-corrected chi connectivity index (χ3v) is 8.53. The number of nitrogens with zero attached hydrogens (tertiary/aromatic N) is 1. The first-order chi connectivity index (χ1) is 10.9. The monoisotopic (exact) mass is 421 g/mol. The predicted molar refractivity (Wildman–Crippen MR) is 91.7 cm³/mol. The van der Waals surface area contributed by atoms with Gasteiger partial charge >= 0.3 is 5.97 Å². The first kappa shape index (κ1) is 17.4. The van der Waals surface area contributed by atoms with Crippen molar-refractivity contribution >= 4 is 43.3 Å². The van der Waals surface area contributed by atoms with E-state index in [0.717, 1.165) is 10.2 Å². The number of halogens is 1. The Morgan fingerprint density at radius 3 is 2.83 bits per heavy atom. The fourth-order valence-corrected chi connectivity index (χ4v) is 6.54. The lowest BCUT2D eigenvalue weighted by Crippen LogP contribution is -2.42. The molecule has 1 aromatic heterocycles. The third kappa shape index (κ3) is 3.97. The van der Waals surface area contributed by atoms with Gasteiger partial charge in [-0.15, -0.1) is 11.3 Å². The normalized spacial score (nSPS) is 28.5. The molecule has 1 aromatic rings. The van der Waals surface area contributed by atoms with Crippen molar-refractivity contribution < 1.29 is 17.9 Å². The van der Waals surface area contributed by atoms with Crippen LogP contribution in [0.1, 0.15) is 26.2 Å². The lowest BCUT2D eigenvalue weighted by molar-refractivity contribution is -0.150. The number of ether oxygens (including phenoxy) is 1. The molecule has 1 aliphatic carbocycles. The number of carbonyl (C=O) groups is 1. The molecule has 2 fully saturated rings. The van der Waals surface area contributed by atoms with E-state index in [1.807, 2.05) is 0 Å². The summed E-state index contributed by atoms with van der Waals surface area (Å²) in [7, 11) is -3.52. The van der Waals surface area contributed by atoms with Gasteiger partial charge in [0.25, 0.3) is 10.0 Å². The molecule has 0 amide bonds. The molecule has 1 aliphatic heterocycles. The summed E-state index contributed by atoms with van der Waals surface area (Å²) in [5.41, 5.74) is 0. The molecule has 2 heterocycles. The number of piperidine rings is 1. The van der Waals surface area contributed by atoms with Gasteiger partial charge in [0.1, 0.15) is 4.21 Å². The van der Waals surface area contributed by atoms with Crippen LogP contribution in [0.3, 0.4) is 0 Å². The lowest BCUT2D eigenvalue weighted by atomic mass is 10.00. The van der Waals surface area contributed by atoms with Crippen LogP contribution in [0.15, 0.2) is 20.1 Å². The fourth-order valence-electron chi connectivity index (χ4n) is 2.85. The largest absolute Gasteiger partial charge is 0.465 e. The molecule has 5 nitrogen and oxygen atoms in total. The molecule has 23 heavy (non-hydrogen) atoms. The number of rotatable bonds is 5. The highest BCUT2D eigenvalue weighted by Crippen LogP contribution is 2.38. The minimum atomic E-state index is -3.52. The second kappa shape index (κ2) is 6.82. The summed E-state index contributed by atoms with van der Waals surface area (Å²) < 4.78 is 33.2. The zero-order chi connectivity index (χ0) is 16.6. The summed E-state index contributed by atoms with van der Waals surface area (Å²) in [6, 6.07) is 3.32. The van der Waals surface area contributed by atoms with Crippen molar-refractivity contribution in [3.8, 4) is 0 Å². The Labute approximate surface area is 149 Å². The van der Waals surface area contributed by atoms with Gasteiger partial charge in [0, 0.05) is 13.1 Å². The van der Waals surface area contributed by atoms with Crippen LogP contribution < -0.4 is 0 Å². The molecule has 8 heteroatoms. The van der Waals surface area contributed by atoms with Crippen LogP contribution in [0.2, 0.25) is 0 Å². The van der Waals surface area contributed by atoms with E-state index >= 15 is 0 Å². The second-order valence-corrected chi connectivity index (χ2v) is 11.0. The van der Waals surface area contributed by atoms with Crippen molar-refractivity contribution in [2.24, 2.45) is 17.8 Å².